The molecule has 1 saturated carbocycles. The number of hydrogen-bond donors (Lipinski definition) is 1. The van der Waals surface area contributed by atoms with E-state index in [1.807, 2.05) is 0 Å². The van der Waals surface area contributed by atoms with E-state index < -0.39 is 18.7 Å². The molecule has 1 fully saturated rings. The van der Waals surface area contributed by atoms with Gasteiger partial charge in [0.25, 0.3) is 0 Å². The Balaban J connectivity index is 1.68. The number of methoxy groups -OCH3 is 1. The van der Waals surface area contributed by atoms with Gasteiger partial charge >= 0.3 is 12.6 Å². The highest BCUT2D eigenvalue weighted by molar-refractivity contribution is 6.35. The molecule has 0 amide bonds. The van der Waals surface area contributed by atoms with Gasteiger partial charge in [-0.2, -0.15) is 8.78 Å². The van der Waals surface area contributed by atoms with Gasteiger partial charge < -0.3 is 24.7 Å². The molecule has 3 aromatic rings. The molecule has 11 heteroatoms. The highest BCUT2D eigenvalue weighted by atomic mass is 35.5. The lowest BCUT2D eigenvalue weighted by molar-refractivity contribution is -0.0515. The average Bonchev–Trinajstić information content (AvgIpc) is 3.69. The number of hydrogen-bond acceptors (Lipinski definition) is 7. The Bertz CT molecular complexity index is 1250. The molecule has 1 aliphatic rings. The Morgan fingerprint density at radius 1 is 1.08 bits per heavy atom. The number of halogens is 4. The lowest BCUT2D eigenvalue weighted by Gasteiger charge is -2.22. The van der Waals surface area contributed by atoms with Crippen LogP contribution in [0.25, 0.3) is 0 Å². The van der Waals surface area contributed by atoms with Crippen molar-refractivity contribution in [2.75, 3.05) is 19.5 Å². The van der Waals surface area contributed by atoms with Gasteiger partial charge in [-0.1, -0.05) is 29.3 Å². The zero-order chi connectivity index (χ0) is 26.5. The zero-order valence-corrected chi connectivity index (χ0v) is 21.3. The molecule has 1 atom stereocenters. The van der Waals surface area contributed by atoms with Crippen molar-refractivity contribution in [3.8, 4) is 17.2 Å². The first-order chi connectivity index (χ1) is 17.7. The normalized spacial score (nSPS) is 13.8. The minimum Gasteiger partial charge on any atom is -0.495 e. The van der Waals surface area contributed by atoms with Crippen LogP contribution in [0.5, 0.6) is 17.2 Å². The van der Waals surface area contributed by atoms with Crippen LogP contribution in [-0.4, -0.2) is 31.3 Å². The van der Waals surface area contributed by atoms with E-state index in [1.54, 1.807) is 6.07 Å². The number of nitrogens with two attached hydrogens (primary N) is 1. The fourth-order valence-electron chi connectivity index (χ4n) is 3.63. The molecule has 0 spiro atoms. The zero-order valence-electron chi connectivity index (χ0n) is 19.8. The van der Waals surface area contributed by atoms with E-state index in [2.05, 4.69) is 9.72 Å². The van der Waals surface area contributed by atoms with E-state index in [1.165, 1.54) is 49.8 Å². The van der Waals surface area contributed by atoms with Gasteiger partial charge in [-0.15, -0.1) is 0 Å². The second-order valence-electron chi connectivity index (χ2n) is 8.48. The molecule has 0 bridgehead atoms. The van der Waals surface area contributed by atoms with Crippen LogP contribution in [0, 0.1) is 5.92 Å². The second-order valence-corrected chi connectivity index (χ2v) is 9.29. The SMILES string of the molecule is COc1ccc(C(=O)OC(Cc2c(Cl)cncc2Cl)c2ccc(OC(F)F)c(OCC3CC3)c2)cc1N. The van der Waals surface area contributed by atoms with Crippen LogP contribution in [0.4, 0.5) is 14.5 Å². The summed E-state index contributed by atoms with van der Waals surface area (Å²) in [6.45, 7) is -2.67. The predicted octanol–water partition coefficient (Wildman–Crippen LogP) is 6.51. The van der Waals surface area contributed by atoms with Gasteiger partial charge in [0.15, 0.2) is 11.5 Å². The van der Waals surface area contributed by atoms with Crippen molar-refractivity contribution in [1.29, 1.82) is 0 Å². The number of anilines is 1. The fourth-order valence-corrected chi connectivity index (χ4v) is 4.15. The molecule has 0 radical (unpaired) electrons. The highest BCUT2D eigenvalue weighted by Crippen LogP contribution is 2.38. The van der Waals surface area contributed by atoms with Crippen molar-refractivity contribution in [2.45, 2.75) is 32.0 Å². The lowest BCUT2D eigenvalue weighted by Crippen LogP contribution is -2.15. The number of carbonyl (C=O) groups excluding carboxylic acids is 1. The van der Waals surface area contributed by atoms with Crippen LogP contribution in [0.3, 0.4) is 0 Å². The summed E-state index contributed by atoms with van der Waals surface area (Å²) in [4.78, 5) is 17.1. The summed E-state index contributed by atoms with van der Waals surface area (Å²) in [6.07, 6.45) is 4.03. The van der Waals surface area contributed by atoms with Crippen LogP contribution in [0.15, 0.2) is 48.8 Å². The molecule has 2 aromatic carbocycles. The first-order valence-corrected chi connectivity index (χ1v) is 12.1. The molecule has 37 heavy (non-hydrogen) atoms. The number of pyridine rings is 1. The number of benzene rings is 2. The maximum Gasteiger partial charge on any atom is 0.387 e. The van der Waals surface area contributed by atoms with Crippen molar-refractivity contribution in [3.05, 3.63) is 75.5 Å². The van der Waals surface area contributed by atoms with Crippen LogP contribution in [0.1, 0.15) is 40.4 Å². The molecule has 1 unspecified atom stereocenters. The highest BCUT2D eigenvalue weighted by Gasteiger charge is 2.26. The summed E-state index contributed by atoms with van der Waals surface area (Å²) in [5.41, 5.74) is 7.37. The average molecular weight is 553 g/mol. The number of rotatable bonds is 11. The smallest absolute Gasteiger partial charge is 0.387 e. The molecular formula is C26H24Cl2F2N2O5. The number of alkyl halides is 2. The second kappa shape index (κ2) is 11.8. The standard InChI is InChI=1S/C26H24Cl2F2N2O5/c1-34-21-6-5-16(8-20(21)31)25(33)36-23(10-17-18(27)11-32-12-19(17)28)15-4-7-22(37-26(29)30)24(9-15)35-13-14-2-3-14/h4-9,11-12,14,23,26H,2-3,10,13,31H2,1H3. The third-order valence-electron chi connectivity index (χ3n) is 5.78. The minimum atomic E-state index is -3.03. The van der Waals surface area contributed by atoms with Crippen molar-refractivity contribution in [1.82, 2.24) is 4.98 Å². The van der Waals surface area contributed by atoms with Crippen LogP contribution >= 0.6 is 23.2 Å². The summed E-state index contributed by atoms with van der Waals surface area (Å²) in [6, 6.07) is 8.90. The van der Waals surface area contributed by atoms with Gasteiger partial charge in [-0.3, -0.25) is 4.98 Å². The third kappa shape index (κ3) is 6.93. The Morgan fingerprint density at radius 3 is 2.41 bits per heavy atom. The predicted molar refractivity (Wildman–Crippen MR) is 135 cm³/mol. The summed E-state index contributed by atoms with van der Waals surface area (Å²) < 4.78 is 47.4. The Morgan fingerprint density at radius 2 is 1.78 bits per heavy atom. The monoisotopic (exact) mass is 552 g/mol. The van der Waals surface area contributed by atoms with Gasteiger partial charge in [0.2, 0.25) is 0 Å². The Kier molecular flexibility index (Phi) is 8.56. The van der Waals surface area contributed by atoms with Crippen LogP contribution < -0.4 is 19.9 Å². The topological polar surface area (TPSA) is 92.9 Å². The molecule has 196 valence electrons. The van der Waals surface area contributed by atoms with E-state index in [0.29, 0.717) is 29.4 Å². The molecular weight excluding hydrogens is 529 g/mol. The molecule has 1 heterocycles. The molecule has 7 nitrogen and oxygen atoms in total. The van der Waals surface area contributed by atoms with Gasteiger partial charge in [0.05, 0.1) is 35.0 Å². The van der Waals surface area contributed by atoms with Gasteiger partial charge in [0.1, 0.15) is 11.9 Å². The van der Waals surface area contributed by atoms with E-state index in [9.17, 15) is 13.6 Å². The number of ether oxygens (including phenoxy) is 4. The quantitative estimate of drug-likeness (QED) is 0.214. The third-order valence-corrected chi connectivity index (χ3v) is 6.44. The van der Waals surface area contributed by atoms with E-state index in [-0.39, 0.29) is 39.2 Å². The van der Waals surface area contributed by atoms with Crippen molar-refractivity contribution < 1.29 is 32.5 Å². The summed E-state index contributed by atoms with van der Waals surface area (Å²) >= 11 is 12.7. The number of aromatic nitrogens is 1. The van der Waals surface area contributed by atoms with Crippen LogP contribution in [0.2, 0.25) is 10.0 Å². The minimum absolute atomic E-state index is 0.0781. The van der Waals surface area contributed by atoms with E-state index >= 15 is 0 Å². The number of carbonyl (C=O) groups is 1. The lowest BCUT2D eigenvalue weighted by atomic mass is 10.0. The van der Waals surface area contributed by atoms with Gasteiger partial charge in [0, 0.05) is 18.8 Å². The molecule has 4 rings (SSSR count). The van der Waals surface area contributed by atoms with Gasteiger partial charge in [-0.05, 0) is 60.2 Å². The summed E-state index contributed by atoms with van der Waals surface area (Å²) in [7, 11) is 1.46. The fraction of sp³-hybridized carbons (Fsp3) is 0.308. The first-order valence-electron chi connectivity index (χ1n) is 11.4. The van der Waals surface area contributed by atoms with Crippen molar-refractivity contribution >= 4 is 34.9 Å². The van der Waals surface area contributed by atoms with E-state index in [4.69, 9.17) is 43.1 Å². The maximum atomic E-state index is 13.1. The number of esters is 1. The Labute approximate surface area is 222 Å². The number of nitrogen functional groups attached to an aromatic ring is 1. The summed E-state index contributed by atoms with van der Waals surface area (Å²) in [5, 5.41) is 0.565. The van der Waals surface area contributed by atoms with Gasteiger partial charge in [-0.25, -0.2) is 4.79 Å². The molecule has 0 aliphatic heterocycles. The molecule has 0 saturated heterocycles. The number of nitrogens with zero attached hydrogens (tertiary/aromatic N) is 1. The van der Waals surface area contributed by atoms with Crippen molar-refractivity contribution in [3.63, 3.8) is 0 Å². The van der Waals surface area contributed by atoms with Crippen LogP contribution in [-0.2, 0) is 11.2 Å². The largest absolute Gasteiger partial charge is 0.495 e. The molecule has 1 aromatic heterocycles. The maximum absolute atomic E-state index is 13.1. The summed E-state index contributed by atoms with van der Waals surface area (Å²) in [5.74, 6) is 0.106. The molecule has 2 N–H and O–H groups in total. The molecule has 1 aliphatic carbocycles. The van der Waals surface area contributed by atoms with Crippen molar-refractivity contribution in [2.24, 2.45) is 5.92 Å². The van der Waals surface area contributed by atoms with E-state index in [0.717, 1.165) is 12.8 Å². The Hall–Kier alpha value is -3.30. The first kappa shape index (κ1) is 26.8.